The van der Waals surface area contributed by atoms with Gasteiger partial charge in [0.1, 0.15) is 0 Å². The fourth-order valence-electron chi connectivity index (χ4n) is 3.44. The number of hydrogen-bond donors (Lipinski definition) is 0. The highest BCUT2D eigenvalue weighted by molar-refractivity contribution is 4.96. The Balaban J connectivity index is 1.67. The van der Waals surface area contributed by atoms with E-state index in [-0.39, 0.29) is 0 Å². The lowest BCUT2D eigenvalue weighted by molar-refractivity contribution is 0.105. The number of rotatable bonds is 2. The molecule has 1 nitrogen and oxygen atoms in total. The summed E-state index contributed by atoms with van der Waals surface area (Å²) in [6.45, 7) is 3.89. The van der Waals surface area contributed by atoms with Crippen molar-refractivity contribution in [1.82, 2.24) is 4.90 Å². The summed E-state index contributed by atoms with van der Waals surface area (Å²) < 4.78 is 0. The molecule has 0 aromatic heterocycles. The van der Waals surface area contributed by atoms with Gasteiger partial charge < -0.3 is 0 Å². The molecule has 2 bridgehead atoms. The Hall–Kier alpha value is -0.0400. The highest BCUT2D eigenvalue weighted by Gasteiger charge is 2.41. The molecule has 0 aromatic rings. The van der Waals surface area contributed by atoms with Gasteiger partial charge in [0, 0.05) is 18.6 Å². The Kier molecular flexibility index (Phi) is 1.90. The second-order valence-corrected chi connectivity index (χ2v) is 5.60. The number of piperidine rings is 1. The Labute approximate surface area is 81.5 Å². The smallest absolute Gasteiger partial charge is 0.0101 e. The Morgan fingerprint density at radius 2 is 1.62 bits per heavy atom. The number of hydrogen-bond acceptors (Lipinski definition) is 1. The monoisotopic (exact) mass is 179 g/mol. The van der Waals surface area contributed by atoms with Gasteiger partial charge >= 0.3 is 0 Å². The molecule has 2 saturated heterocycles. The Bertz CT molecular complexity index is 183. The lowest BCUT2D eigenvalue weighted by Gasteiger charge is -2.37. The summed E-state index contributed by atoms with van der Waals surface area (Å²) in [5.74, 6) is 2.10. The summed E-state index contributed by atoms with van der Waals surface area (Å²) >= 11 is 0. The van der Waals surface area contributed by atoms with Crippen molar-refractivity contribution in [2.75, 3.05) is 6.54 Å². The predicted molar refractivity (Wildman–Crippen MR) is 54.6 cm³/mol. The van der Waals surface area contributed by atoms with Gasteiger partial charge in [0.05, 0.1) is 0 Å². The first-order valence-electron chi connectivity index (χ1n) is 6.08. The van der Waals surface area contributed by atoms with Gasteiger partial charge in [0.25, 0.3) is 0 Å². The van der Waals surface area contributed by atoms with Gasteiger partial charge in [0.15, 0.2) is 0 Å². The molecular formula is C12H21N. The fourth-order valence-corrected chi connectivity index (χ4v) is 3.44. The minimum atomic E-state index is 0.981. The van der Waals surface area contributed by atoms with Crippen molar-refractivity contribution in [3.05, 3.63) is 0 Å². The molecule has 2 heterocycles. The third-order valence-electron chi connectivity index (χ3n) is 4.29. The average Bonchev–Trinajstić information content (AvgIpc) is 2.83. The molecule has 0 aromatic carbocycles. The first-order chi connectivity index (χ1) is 6.33. The third-order valence-corrected chi connectivity index (χ3v) is 4.29. The van der Waals surface area contributed by atoms with Crippen LogP contribution in [0.5, 0.6) is 0 Å². The zero-order valence-corrected chi connectivity index (χ0v) is 8.71. The normalized spacial score (nSPS) is 45.5. The molecule has 0 radical (unpaired) electrons. The molecule has 3 aliphatic rings. The second kappa shape index (κ2) is 2.98. The maximum Gasteiger partial charge on any atom is 0.0101 e. The predicted octanol–water partition coefficient (Wildman–Crippen LogP) is 2.66. The number of fused-ring (bicyclic) bond motifs is 2. The van der Waals surface area contributed by atoms with Crippen LogP contribution in [0.1, 0.15) is 45.4 Å². The average molecular weight is 179 g/mol. The molecule has 3 rings (SSSR count). The maximum absolute atomic E-state index is 2.86. The molecule has 3 atom stereocenters. The van der Waals surface area contributed by atoms with E-state index in [4.69, 9.17) is 0 Å². The zero-order chi connectivity index (χ0) is 8.84. The van der Waals surface area contributed by atoms with E-state index in [0.29, 0.717) is 0 Å². The van der Waals surface area contributed by atoms with Gasteiger partial charge in [-0.15, -0.1) is 0 Å². The molecule has 1 aliphatic carbocycles. The summed E-state index contributed by atoms with van der Waals surface area (Å²) in [5.41, 5.74) is 0. The Morgan fingerprint density at radius 3 is 2.15 bits per heavy atom. The second-order valence-electron chi connectivity index (χ2n) is 5.60. The van der Waals surface area contributed by atoms with Crippen LogP contribution >= 0.6 is 0 Å². The van der Waals surface area contributed by atoms with E-state index in [9.17, 15) is 0 Å². The summed E-state index contributed by atoms with van der Waals surface area (Å²) in [6, 6.07) is 1.96. The quantitative estimate of drug-likeness (QED) is 0.630. The topological polar surface area (TPSA) is 3.24 Å². The molecule has 0 unspecified atom stereocenters. The van der Waals surface area contributed by atoms with Crippen LogP contribution in [-0.2, 0) is 0 Å². The van der Waals surface area contributed by atoms with Crippen LogP contribution in [0.15, 0.2) is 0 Å². The zero-order valence-electron chi connectivity index (χ0n) is 8.71. The molecule has 0 N–H and O–H groups in total. The molecule has 2 aliphatic heterocycles. The van der Waals surface area contributed by atoms with Crippen molar-refractivity contribution in [3.8, 4) is 0 Å². The van der Waals surface area contributed by atoms with Crippen LogP contribution in [0.2, 0.25) is 0 Å². The van der Waals surface area contributed by atoms with Gasteiger partial charge in [-0.25, -0.2) is 0 Å². The van der Waals surface area contributed by atoms with E-state index in [2.05, 4.69) is 11.8 Å². The summed E-state index contributed by atoms with van der Waals surface area (Å²) in [4.78, 5) is 2.86. The first kappa shape index (κ1) is 8.28. The van der Waals surface area contributed by atoms with E-state index in [1.165, 1.54) is 45.1 Å². The summed E-state index contributed by atoms with van der Waals surface area (Å²) in [7, 11) is 0. The van der Waals surface area contributed by atoms with Gasteiger partial charge in [-0.2, -0.15) is 0 Å². The minimum absolute atomic E-state index is 0.981. The van der Waals surface area contributed by atoms with Crippen LogP contribution < -0.4 is 0 Å². The highest BCUT2D eigenvalue weighted by atomic mass is 15.2. The molecule has 1 saturated carbocycles. The van der Waals surface area contributed by atoms with Crippen molar-refractivity contribution >= 4 is 0 Å². The van der Waals surface area contributed by atoms with Crippen molar-refractivity contribution in [2.45, 2.75) is 57.5 Å². The van der Waals surface area contributed by atoms with Crippen molar-refractivity contribution < 1.29 is 0 Å². The van der Waals surface area contributed by atoms with E-state index >= 15 is 0 Å². The van der Waals surface area contributed by atoms with E-state index < -0.39 is 0 Å². The van der Waals surface area contributed by atoms with Crippen molar-refractivity contribution in [3.63, 3.8) is 0 Å². The SMILES string of the molecule is C[C@H]1C[C@H]2CC[C@@H](C1)N2CC1CC1. The molecule has 74 valence electrons. The molecular weight excluding hydrogens is 158 g/mol. The van der Waals surface area contributed by atoms with Gasteiger partial charge in [-0.1, -0.05) is 6.92 Å². The minimum Gasteiger partial charge on any atom is -0.297 e. The maximum atomic E-state index is 2.86. The summed E-state index contributed by atoms with van der Waals surface area (Å²) in [5, 5.41) is 0. The van der Waals surface area contributed by atoms with Gasteiger partial charge in [-0.05, 0) is 50.4 Å². The largest absolute Gasteiger partial charge is 0.297 e. The van der Waals surface area contributed by atoms with Gasteiger partial charge in [0.2, 0.25) is 0 Å². The van der Waals surface area contributed by atoms with E-state index in [1.807, 2.05) is 0 Å². The van der Waals surface area contributed by atoms with Crippen LogP contribution in [-0.4, -0.2) is 23.5 Å². The highest BCUT2D eigenvalue weighted by Crippen LogP contribution is 2.41. The van der Waals surface area contributed by atoms with Crippen LogP contribution in [0.25, 0.3) is 0 Å². The van der Waals surface area contributed by atoms with Crippen molar-refractivity contribution in [1.29, 1.82) is 0 Å². The molecule has 3 fully saturated rings. The summed E-state index contributed by atoms with van der Waals surface area (Å²) in [6.07, 6.45) is 9.02. The van der Waals surface area contributed by atoms with E-state index in [1.54, 1.807) is 0 Å². The fraction of sp³-hybridized carbons (Fsp3) is 1.00. The number of nitrogens with zero attached hydrogens (tertiary/aromatic N) is 1. The van der Waals surface area contributed by atoms with Crippen LogP contribution in [0.3, 0.4) is 0 Å². The third kappa shape index (κ3) is 1.52. The molecule has 0 spiro atoms. The standard InChI is InChI=1S/C12H21N/c1-9-6-11-4-5-12(7-9)13(11)8-10-2-3-10/h9-12H,2-8H2,1H3/t9-,11+,12-. The van der Waals surface area contributed by atoms with Crippen LogP contribution in [0, 0.1) is 11.8 Å². The molecule has 13 heavy (non-hydrogen) atoms. The first-order valence-corrected chi connectivity index (χ1v) is 6.08. The van der Waals surface area contributed by atoms with Crippen LogP contribution in [0.4, 0.5) is 0 Å². The lowest BCUT2D eigenvalue weighted by Crippen LogP contribution is -2.43. The lowest BCUT2D eigenvalue weighted by atomic mass is 9.92. The van der Waals surface area contributed by atoms with Gasteiger partial charge in [-0.3, -0.25) is 4.90 Å². The van der Waals surface area contributed by atoms with E-state index in [0.717, 1.165) is 23.9 Å². The Morgan fingerprint density at radius 1 is 1.00 bits per heavy atom. The molecule has 1 heteroatoms. The molecule has 0 amide bonds. The van der Waals surface area contributed by atoms with Crippen molar-refractivity contribution in [2.24, 2.45) is 11.8 Å².